The second-order valence-corrected chi connectivity index (χ2v) is 10.7. The molecule has 0 amide bonds. The Balaban J connectivity index is 1.71. The van der Waals surface area contributed by atoms with Gasteiger partial charge in [-0.15, -0.1) is 0 Å². The van der Waals surface area contributed by atoms with Crippen LogP contribution in [0.4, 0.5) is 0 Å². The third-order valence-corrected chi connectivity index (χ3v) is 8.91. The first-order valence-corrected chi connectivity index (χ1v) is 10.2. The number of ether oxygens (including phenoxy) is 4. The molecule has 0 unspecified atom stereocenters. The molecule has 3 N–H and O–H groups in total. The summed E-state index contributed by atoms with van der Waals surface area (Å²) in [5.74, 6) is -4.43. The smallest absolute Gasteiger partial charge is 0.342 e. The van der Waals surface area contributed by atoms with Crippen molar-refractivity contribution < 1.29 is 48.7 Å². The van der Waals surface area contributed by atoms with Crippen molar-refractivity contribution in [2.75, 3.05) is 0 Å². The van der Waals surface area contributed by atoms with Gasteiger partial charge in [0.2, 0.25) is 11.9 Å². The second-order valence-electron chi connectivity index (χ2n) is 10.7. The number of rotatable bonds is 0. The molecule has 10 nitrogen and oxygen atoms in total. The summed E-state index contributed by atoms with van der Waals surface area (Å²) < 4.78 is 22.6. The van der Waals surface area contributed by atoms with Crippen molar-refractivity contribution in [1.29, 1.82) is 0 Å². The van der Waals surface area contributed by atoms with Crippen LogP contribution in [0.5, 0.6) is 0 Å². The number of hydrogen-bond donors (Lipinski definition) is 3. The first-order valence-electron chi connectivity index (χ1n) is 10.2. The molecule has 30 heavy (non-hydrogen) atoms. The minimum atomic E-state index is -2.12. The highest BCUT2D eigenvalue weighted by Crippen LogP contribution is 2.84. The van der Waals surface area contributed by atoms with Crippen LogP contribution in [0.15, 0.2) is 0 Å². The van der Waals surface area contributed by atoms with Gasteiger partial charge in [0.15, 0.2) is 11.7 Å². The number of aliphatic hydroxyl groups is 3. The molecule has 0 aromatic heterocycles. The zero-order valence-electron chi connectivity index (χ0n) is 16.9. The van der Waals surface area contributed by atoms with Crippen molar-refractivity contribution in [3.05, 3.63) is 0 Å². The van der Waals surface area contributed by atoms with E-state index in [0.29, 0.717) is 0 Å². The largest absolute Gasteiger partial charge is 0.459 e. The Morgan fingerprint density at radius 2 is 1.70 bits per heavy atom. The molecule has 10 heteroatoms. The Morgan fingerprint density at radius 1 is 1.03 bits per heavy atom. The molecule has 2 aliphatic carbocycles. The van der Waals surface area contributed by atoms with Crippen LogP contribution in [0.2, 0.25) is 0 Å². The molecule has 0 aromatic carbocycles. The second kappa shape index (κ2) is 4.69. The van der Waals surface area contributed by atoms with Crippen molar-refractivity contribution in [3.63, 3.8) is 0 Å². The molecule has 4 aliphatic heterocycles. The fourth-order valence-corrected chi connectivity index (χ4v) is 8.22. The normalized spacial score (nSPS) is 60.1. The maximum Gasteiger partial charge on any atom is 0.342 e. The van der Waals surface area contributed by atoms with Crippen molar-refractivity contribution in [1.82, 2.24) is 0 Å². The highest BCUT2D eigenvalue weighted by Gasteiger charge is 3.02. The van der Waals surface area contributed by atoms with Gasteiger partial charge in [-0.25, -0.2) is 9.59 Å². The zero-order valence-corrected chi connectivity index (χ0v) is 16.9. The van der Waals surface area contributed by atoms with Gasteiger partial charge in [-0.1, -0.05) is 20.8 Å². The van der Waals surface area contributed by atoms with Crippen LogP contribution in [0.25, 0.3) is 0 Å². The lowest BCUT2D eigenvalue weighted by Crippen LogP contribution is -2.66. The maximum atomic E-state index is 13.4. The lowest BCUT2D eigenvalue weighted by atomic mass is 9.51. The average molecular weight is 424 g/mol. The summed E-state index contributed by atoms with van der Waals surface area (Å²) in [4.78, 5) is 38.2. The number of hydrogen-bond acceptors (Lipinski definition) is 10. The highest BCUT2D eigenvalue weighted by molar-refractivity contribution is 5.93. The fourth-order valence-electron chi connectivity index (χ4n) is 8.22. The molecule has 0 bridgehead atoms. The van der Waals surface area contributed by atoms with E-state index in [1.807, 2.05) is 20.8 Å². The topological polar surface area (TPSA) is 149 Å². The van der Waals surface area contributed by atoms with Crippen molar-refractivity contribution in [3.8, 4) is 0 Å². The van der Waals surface area contributed by atoms with Crippen molar-refractivity contribution >= 4 is 17.9 Å². The van der Waals surface area contributed by atoms with E-state index >= 15 is 0 Å². The van der Waals surface area contributed by atoms with E-state index < -0.39 is 87.9 Å². The van der Waals surface area contributed by atoms with Crippen LogP contribution >= 0.6 is 0 Å². The molecule has 2 spiro atoms. The highest BCUT2D eigenvalue weighted by atomic mass is 16.8. The van der Waals surface area contributed by atoms with Gasteiger partial charge in [-0.05, 0) is 12.3 Å². The summed E-state index contributed by atoms with van der Waals surface area (Å²) in [6.07, 6.45) is -6.73. The number of esters is 3. The van der Waals surface area contributed by atoms with Crippen LogP contribution in [0, 0.1) is 28.1 Å². The SMILES string of the molecule is C[C@H]1C(=O)O[C@@H]2C[C@]34[C@@H]5OC(=O)[C@]3(O[C@H]3OC(=O)[C@H](O)[C@]34[C@@H](C(C)(C)C)[C@@H]5O)[C@@]21O. The van der Waals surface area contributed by atoms with Gasteiger partial charge in [0.05, 0.1) is 22.9 Å². The Bertz CT molecular complexity index is 925. The molecular weight excluding hydrogens is 400 g/mol. The van der Waals surface area contributed by atoms with E-state index in [0.717, 1.165) is 0 Å². The standard InChI is InChI=1S/C20H24O10/c1-6-12(23)27-7-5-17-11-8(21)9(16(2,3)4)18(17)10(22)13(24)29-15(18)30-20(17,14(25)28-11)19(6,7)26/h6-11,15,21-22,26H,5H2,1-4H3/t6-,7+,8-,9+,10-,11+,15+,17+,18+,19-,20+/m0/s1. The zero-order chi connectivity index (χ0) is 21.8. The van der Waals surface area contributed by atoms with Crippen LogP contribution in [0.3, 0.4) is 0 Å². The maximum absolute atomic E-state index is 13.4. The number of carbonyl (C=O) groups excluding carboxylic acids is 3. The lowest BCUT2D eigenvalue weighted by Gasteiger charge is -2.46. The molecule has 4 saturated heterocycles. The van der Waals surface area contributed by atoms with Gasteiger partial charge >= 0.3 is 17.9 Å². The Morgan fingerprint density at radius 3 is 2.33 bits per heavy atom. The quantitative estimate of drug-likeness (QED) is 0.314. The number of carbonyl (C=O) groups is 3. The molecule has 164 valence electrons. The Hall–Kier alpha value is -1.75. The first-order chi connectivity index (χ1) is 13.8. The van der Waals surface area contributed by atoms with Crippen molar-refractivity contribution in [2.45, 2.75) is 76.0 Å². The molecule has 2 saturated carbocycles. The molecule has 6 fully saturated rings. The third-order valence-electron chi connectivity index (χ3n) is 8.91. The van der Waals surface area contributed by atoms with Gasteiger partial charge in [0.25, 0.3) is 0 Å². The van der Waals surface area contributed by atoms with E-state index in [1.54, 1.807) is 0 Å². The van der Waals surface area contributed by atoms with Crippen LogP contribution in [-0.4, -0.2) is 75.1 Å². The van der Waals surface area contributed by atoms with E-state index in [9.17, 15) is 29.7 Å². The van der Waals surface area contributed by atoms with Gasteiger partial charge in [-0.2, -0.15) is 0 Å². The first kappa shape index (κ1) is 19.0. The molecular formula is C20H24O10. The Kier molecular flexibility index (Phi) is 2.97. The summed E-state index contributed by atoms with van der Waals surface area (Å²) in [5, 5.41) is 34.4. The Labute approximate surface area is 171 Å². The minimum absolute atomic E-state index is 0.107. The van der Waals surface area contributed by atoms with Crippen LogP contribution in [-0.2, 0) is 33.3 Å². The van der Waals surface area contributed by atoms with E-state index in [2.05, 4.69) is 0 Å². The van der Waals surface area contributed by atoms with Gasteiger partial charge in [0, 0.05) is 12.3 Å². The molecule has 4 heterocycles. The molecule has 6 aliphatic rings. The van der Waals surface area contributed by atoms with Crippen LogP contribution < -0.4 is 0 Å². The number of aliphatic hydroxyl groups excluding tert-OH is 2. The van der Waals surface area contributed by atoms with Gasteiger partial charge in [-0.3, -0.25) is 4.79 Å². The molecule has 0 radical (unpaired) electrons. The van der Waals surface area contributed by atoms with Crippen LogP contribution in [0.1, 0.15) is 34.1 Å². The molecule has 0 aromatic rings. The molecule has 6 rings (SSSR count). The summed E-state index contributed by atoms with van der Waals surface area (Å²) >= 11 is 0. The summed E-state index contributed by atoms with van der Waals surface area (Å²) in [6.45, 7) is 6.97. The summed E-state index contributed by atoms with van der Waals surface area (Å²) in [5.41, 5.74) is -7.95. The van der Waals surface area contributed by atoms with E-state index in [4.69, 9.17) is 18.9 Å². The van der Waals surface area contributed by atoms with Crippen molar-refractivity contribution in [2.24, 2.45) is 28.1 Å². The van der Waals surface area contributed by atoms with Gasteiger partial charge < -0.3 is 34.3 Å². The number of fused-ring (bicyclic) bond motifs is 1. The monoisotopic (exact) mass is 424 g/mol. The van der Waals surface area contributed by atoms with E-state index in [1.165, 1.54) is 6.92 Å². The average Bonchev–Trinajstić information content (AvgIpc) is 3.32. The van der Waals surface area contributed by atoms with Gasteiger partial charge in [0.1, 0.15) is 12.2 Å². The van der Waals surface area contributed by atoms with E-state index in [-0.39, 0.29) is 6.42 Å². The molecule has 11 atom stereocenters. The minimum Gasteiger partial charge on any atom is -0.459 e. The fraction of sp³-hybridized carbons (Fsp3) is 0.850. The summed E-state index contributed by atoms with van der Waals surface area (Å²) in [6, 6.07) is 0. The summed E-state index contributed by atoms with van der Waals surface area (Å²) in [7, 11) is 0. The predicted octanol–water partition coefficient (Wildman–Crippen LogP) is -1.37. The predicted molar refractivity (Wildman–Crippen MR) is 92.0 cm³/mol. The lowest BCUT2D eigenvalue weighted by molar-refractivity contribution is -0.239. The third kappa shape index (κ3) is 1.35.